The van der Waals surface area contributed by atoms with Crippen molar-refractivity contribution >= 4 is 0 Å². The molecule has 0 heterocycles. The van der Waals surface area contributed by atoms with Gasteiger partial charge < -0.3 is 0 Å². The van der Waals surface area contributed by atoms with E-state index in [-0.39, 0.29) is 6.42 Å². The largest absolute Gasteiger partial charge is 0.250 e. The Hall–Kier alpha value is -0.210. The molecule has 0 N–H and O–H groups in total. The van der Waals surface area contributed by atoms with Gasteiger partial charge in [-0.05, 0) is 12.8 Å². The molecule has 1 aliphatic carbocycles. The predicted molar refractivity (Wildman–Crippen MR) is 28.3 cm³/mol. The smallest absolute Gasteiger partial charge is 0.247 e. The van der Waals surface area contributed by atoms with Crippen molar-refractivity contribution in [1.29, 1.82) is 0 Å². The van der Waals surface area contributed by atoms with E-state index in [0.29, 0.717) is 12.8 Å². The lowest BCUT2D eigenvalue weighted by atomic mass is 9.95. The third-order valence-electron chi connectivity index (χ3n) is 1.58. The Balaban J connectivity index is 2.41. The first-order valence-electron chi connectivity index (χ1n) is 3.12. The topological polar surface area (TPSA) is 0 Å². The van der Waals surface area contributed by atoms with Crippen molar-refractivity contribution in [3.8, 4) is 0 Å². The fraction of sp³-hybridized carbons (Fsp3) is 1.00. The molecule has 1 unspecified atom stereocenters. The monoisotopic (exact) mass is 138 g/mol. The molecule has 1 rings (SSSR count). The summed E-state index contributed by atoms with van der Waals surface area (Å²) >= 11 is 0. The van der Waals surface area contributed by atoms with Gasteiger partial charge in [-0.3, -0.25) is 0 Å². The van der Waals surface area contributed by atoms with E-state index in [1.807, 2.05) is 0 Å². The molecule has 0 saturated heterocycles. The summed E-state index contributed by atoms with van der Waals surface area (Å²) in [4.78, 5) is 0. The van der Waals surface area contributed by atoms with Crippen molar-refractivity contribution in [3.63, 3.8) is 0 Å². The molecular weight excluding hydrogens is 129 g/mol. The van der Waals surface area contributed by atoms with Gasteiger partial charge >= 0.3 is 0 Å². The zero-order valence-corrected chi connectivity index (χ0v) is 5.04. The molecule has 1 atom stereocenters. The van der Waals surface area contributed by atoms with Gasteiger partial charge in [0.15, 0.2) is 0 Å². The van der Waals surface area contributed by atoms with Gasteiger partial charge in [0.25, 0.3) is 5.92 Å². The van der Waals surface area contributed by atoms with E-state index in [1.165, 1.54) is 0 Å². The van der Waals surface area contributed by atoms with Crippen LogP contribution in [0.3, 0.4) is 0 Å². The summed E-state index contributed by atoms with van der Waals surface area (Å²) in [6.07, 6.45) is -1.32. The zero-order valence-electron chi connectivity index (χ0n) is 5.04. The first kappa shape index (κ1) is 6.90. The Morgan fingerprint density at radius 2 is 2.00 bits per heavy atom. The fourth-order valence-corrected chi connectivity index (χ4v) is 1.11. The highest BCUT2D eigenvalue weighted by Gasteiger charge is 2.36. The van der Waals surface area contributed by atoms with Crippen LogP contribution in [-0.4, -0.2) is 12.1 Å². The van der Waals surface area contributed by atoms with Crippen LogP contribution in [0.2, 0.25) is 0 Å². The molecule has 9 heavy (non-hydrogen) atoms. The number of rotatable bonds is 0. The van der Waals surface area contributed by atoms with E-state index in [9.17, 15) is 13.2 Å². The molecule has 0 nitrogen and oxygen atoms in total. The van der Waals surface area contributed by atoms with Crippen molar-refractivity contribution in [2.45, 2.75) is 37.8 Å². The highest BCUT2D eigenvalue weighted by Crippen LogP contribution is 2.34. The minimum Gasteiger partial charge on any atom is -0.247 e. The van der Waals surface area contributed by atoms with E-state index in [1.54, 1.807) is 0 Å². The van der Waals surface area contributed by atoms with Crippen LogP contribution in [0.15, 0.2) is 0 Å². The second kappa shape index (κ2) is 2.20. The van der Waals surface area contributed by atoms with Crippen molar-refractivity contribution in [2.24, 2.45) is 0 Å². The van der Waals surface area contributed by atoms with Crippen molar-refractivity contribution in [2.75, 3.05) is 0 Å². The maximum Gasteiger partial charge on any atom is 0.250 e. The third-order valence-corrected chi connectivity index (χ3v) is 1.58. The van der Waals surface area contributed by atoms with E-state index in [0.717, 1.165) is 0 Å². The SMILES string of the molecule is FC1CCCC(F)(F)C1. The molecule has 0 spiro atoms. The lowest BCUT2D eigenvalue weighted by Crippen LogP contribution is -2.26. The van der Waals surface area contributed by atoms with Gasteiger partial charge in [-0.1, -0.05) is 0 Å². The van der Waals surface area contributed by atoms with E-state index < -0.39 is 18.5 Å². The maximum atomic E-state index is 12.2. The summed E-state index contributed by atoms with van der Waals surface area (Å²) < 4.78 is 36.6. The minimum atomic E-state index is -2.72. The summed E-state index contributed by atoms with van der Waals surface area (Å²) in [5.41, 5.74) is 0. The van der Waals surface area contributed by atoms with Gasteiger partial charge in [-0.2, -0.15) is 0 Å². The standard InChI is InChI=1S/C6H9F3/c7-5-2-1-3-6(8,9)4-5/h5H,1-4H2. The highest BCUT2D eigenvalue weighted by molar-refractivity contribution is 4.77. The average molecular weight is 138 g/mol. The lowest BCUT2D eigenvalue weighted by molar-refractivity contribution is -0.0578. The lowest BCUT2D eigenvalue weighted by Gasteiger charge is -2.23. The highest BCUT2D eigenvalue weighted by atomic mass is 19.3. The molecule has 0 aromatic carbocycles. The summed E-state index contributed by atoms with van der Waals surface area (Å²) in [6.45, 7) is 0. The maximum absolute atomic E-state index is 12.2. The molecule has 1 fully saturated rings. The summed E-state index contributed by atoms with van der Waals surface area (Å²) in [5, 5.41) is 0. The first-order chi connectivity index (χ1) is 4.10. The van der Waals surface area contributed by atoms with Crippen molar-refractivity contribution < 1.29 is 13.2 Å². The molecule has 0 bridgehead atoms. The van der Waals surface area contributed by atoms with Gasteiger partial charge in [-0.25, -0.2) is 13.2 Å². The van der Waals surface area contributed by atoms with Gasteiger partial charge in [-0.15, -0.1) is 0 Å². The van der Waals surface area contributed by atoms with Crippen LogP contribution in [0.25, 0.3) is 0 Å². The molecule has 0 aromatic heterocycles. The Labute approximate surface area is 52.1 Å². The molecule has 0 amide bonds. The molecular formula is C6H9F3. The predicted octanol–water partition coefficient (Wildman–Crippen LogP) is 2.53. The molecule has 0 aliphatic heterocycles. The van der Waals surface area contributed by atoms with Crippen LogP contribution in [0, 0.1) is 0 Å². The second-order valence-electron chi connectivity index (χ2n) is 2.55. The van der Waals surface area contributed by atoms with Gasteiger partial charge in [0.1, 0.15) is 6.17 Å². The van der Waals surface area contributed by atoms with Gasteiger partial charge in [0, 0.05) is 12.8 Å². The number of alkyl halides is 3. The molecule has 3 heteroatoms. The average Bonchev–Trinajstić information content (AvgIpc) is 1.60. The van der Waals surface area contributed by atoms with Crippen LogP contribution in [0.1, 0.15) is 25.7 Å². The molecule has 1 saturated carbocycles. The van der Waals surface area contributed by atoms with Crippen molar-refractivity contribution in [3.05, 3.63) is 0 Å². The fourth-order valence-electron chi connectivity index (χ4n) is 1.11. The Morgan fingerprint density at radius 1 is 1.33 bits per heavy atom. The quantitative estimate of drug-likeness (QED) is 0.482. The Bertz CT molecular complexity index is 100. The van der Waals surface area contributed by atoms with Crippen LogP contribution in [0.5, 0.6) is 0 Å². The third kappa shape index (κ3) is 1.88. The van der Waals surface area contributed by atoms with Gasteiger partial charge in [0.05, 0.1) is 0 Å². The van der Waals surface area contributed by atoms with E-state index >= 15 is 0 Å². The summed E-state index contributed by atoms with van der Waals surface area (Å²) in [6, 6.07) is 0. The van der Waals surface area contributed by atoms with Crippen LogP contribution < -0.4 is 0 Å². The normalized spacial score (nSPS) is 34.3. The zero-order chi connectivity index (χ0) is 6.91. The molecule has 1 aliphatic rings. The second-order valence-corrected chi connectivity index (χ2v) is 2.55. The minimum absolute atomic E-state index is 0.132. The molecule has 54 valence electrons. The van der Waals surface area contributed by atoms with E-state index in [2.05, 4.69) is 0 Å². The van der Waals surface area contributed by atoms with Crippen LogP contribution in [0.4, 0.5) is 13.2 Å². The number of hydrogen-bond acceptors (Lipinski definition) is 0. The first-order valence-corrected chi connectivity index (χ1v) is 3.12. The Kier molecular flexibility index (Phi) is 1.68. The Morgan fingerprint density at radius 3 is 2.33 bits per heavy atom. The molecule has 0 aromatic rings. The number of hydrogen-bond donors (Lipinski definition) is 0. The van der Waals surface area contributed by atoms with Crippen LogP contribution >= 0.6 is 0 Å². The van der Waals surface area contributed by atoms with Gasteiger partial charge in [0.2, 0.25) is 0 Å². The molecule has 0 radical (unpaired) electrons. The number of halogens is 3. The summed E-state index contributed by atoms with van der Waals surface area (Å²) in [5.74, 6) is -2.72. The summed E-state index contributed by atoms with van der Waals surface area (Å²) in [7, 11) is 0. The van der Waals surface area contributed by atoms with E-state index in [4.69, 9.17) is 0 Å². The van der Waals surface area contributed by atoms with Crippen LogP contribution in [-0.2, 0) is 0 Å². The van der Waals surface area contributed by atoms with Crippen molar-refractivity contribution in [1.82, 2.24) is 0 Å².